The standard InChI is InChI=1S/C21H26N4O5/c1-23-14-11-25(12-16(26)24-9-4-5-10-24)20(27)17(14)18(22-21(23)28)13-7-6-8-15(29-2)19(13)30-3/h6-8,18H,4-5,9-12H2,1-3H3,(H,22,28)/t18-/m1/s1. The van der Waals surface area contributed by atoms with Gasteiger partial charge >= 0.3 is 6.03 Å². The lowest BCUT2D eigenvalue weighted by Gasteiger charge is -2.31. The Bertz CT molecular complexity index is 922. The lowest BCUT2D eigenvalue weighted by molar-refractivity contribution is -0.137. The molecule has 3 aliphatic heterocycles. The first-order chi connectivity index (χ1) is 14.5. The molecule has 3 aliphatic rings. The fourth-order valence-electron chi connectivity index (χ4n) is 4.35. The predicted octanol–water partition coefficient (Wildman–Crippen LogP) is 1.12. The van der Waals surface area contributed by atoms with Crippen molar-refractivity contribution in [1.82, 2.24) is 20.0 Å². The van der Waals surface area contributed by atoms with Crippen LogP contribution in [0.5, 0.6) is 11.5 Å². The monoisotopic (exact) mass is 414 g/mol. The number of hydrogen-bond donors (Lipinski definition) is 1. The molecule has 160 valence electrons. The maximum atomic E-state index is 13.3. The van der Waals surface area contributed by atoms with E-state index >= 15 is 0 Å². The summed E-state index contributed by atoms with van der Waals surface area (Å²) in [5.41, 5.74) is 1.69. The number of likely N-dealkylation sites (N-methyl/N-ethyl adjacent to an activating group) is 1. The van der Waals surface area contributed by atoms with Gasteiger partial charge in [0, 0.05) is 25.7 Å². The van der Waals surface area contributed by atoms with Crippen LogP contribution in [0.4, 0.5) is 4.79 Å². The van der Waals surface area contributed by atoms with Crippen LogP contribution in [-0.4, -0.2) is 80.0 Å². The molecule has 0 unspecified atom stereocenters. The van der Waals surface area contributed by atoms with Crippen LogP contribution in [-0.2, 0) is 9.59 Å². The molecule has 0 spiro atoms. The molecule has 1 atom stereocenters. The van der Waals surface area contributed by atoms with E-state index < -0.39 is 6.04 Å². The third-order valence-corrected chi connectivity index (χ3v) is 5.96. The average molecular weight is 414 g/mol. The molecule has 0 aliphatic carbocycles. The number of hydrogen-bond acceptors (Lipinski definition) is 5. The van der Waals surface area contributed by atoms with Crippen molar-refractivity contribution in [3.63, 3.8) is 0 Å². The van der Waals surface area contributed by atoms with Gasteiger partial charge in [-0.1, -0.05) is 12.1 Å². The Balaban J connectivity index is 1.67. The first kappa shape index (κ1) is 20.1. The van der Waals surface area contributed by atoms with Crippen molar-refractivity contribution in [2.45, 2.75) is 18.9 Å². The normalized spacial score (nSPS) is 21.2. The van der Waals surface area contributed by atoms with Crippen LogP contribution in [0.25, 0.3) is 0 Å². The SMILES string of the molecule is COc1cccc([C@H]2NC(=O)N(C)C3=C2C(=O)N(CC(=O)N2CCCC2)C3)c1OC. The second kappa shape index (κ2) is 7.89. The zero-order valence-corrected chi connectivity index (χ0v) is 17.4. The van der Waals surface area contributed by atoms with Crippen LogP contribution in [0.3, 0.4) is 0 Å². The maximum absolute atomic E-state index is 13.3. The van der Waals surface area contributed by atoms with E-state index in [4.69, 9.17) is 9.47 Å². The highest BCUT2D eigenvalue weighted by atomic mass is 16.5. The van der Waals surface area contributed by atoms with E-state index in [9.17, 15) is 14.4 Å². The number of urea groups is 1. The quantitative estimate of drug-likeness (QED) is 0.780. The molecular formula is C21H26N4O5. The molecule has 0 saturated carbocycles. The number of para-hydroxylation sites is 1. The summed E-state index contributed by atoms with van der Waals surface area (Å²) in [5, 5.41) is 2.89. The number of nitrogens with zero attached hydrogens (tertiary/aromatic N) is 3. The Morgan fingerprint density at radius 2 is 1.90 bits per heavy atom. The van der Waals surface area contributed by atoms with Gasteiger partial charge in [-0.15, -0.1) is 0 Å². The van der Waals surface area contributed by atoms with Gasteiger partial charge in [0.1, 0.15) is 6.54 Å². The molecule has 3 heterocycles. The van der Waals surface area contributed by atoms with Gasteiger partial charge in [0.25, 0.3) is 5.91 Å². The lowest BCUT2D eigenvalue weighted by Crippen LogP contribution is -2.45. The Labute approximate surface area is 175 Å². The number of ether oxygens (including phenoxy) is 2. The van der Waals surface area contributed by atoms with Crippen molar-refractivity contribution in [2.75, 3.05) is 47.4 Å². The molecule has 30 heavy (non-hydrogen) atoms. The highest BCUT2D eigenvalue weighted by Crippen LogP contribution is 2.42. The molecule has 4 rings (SSSR count). The van der Waals surface area contributed by atoms with Crippen molar-refractivity contribution in [3.8, 4) is 11.5 Å². The summed E-state index contributed by atoms with van der Waals surface area (Å²) in [7, 11) is 4.68. The van der Waals surface area contributed by atoms with Crippen LogP contribution in [0.2, 0.25) is 0 Å². The van der Waals surface area contributed by atoms with E-state index in [1.165, 1.54) is 24.0 Å². The summed E-state index contributed by atoms with van der Waals surface area (Å²) in [4.78, 5) is 43.3. The predicted molar refractivity (Wildman–Crippen MR) is 108 cm³/mol. The van der Waals surface area contributed by atoms with Crippen molar-refractivity contribution in [3.05, 3.63) is 35.0 Å². The fraction of sp³-hybridized carbons (Fsp3) is 0.476. The van der Waals surface area contributed by atoms with Crippen LogP contribution in [0.15, 0.2) is 29.5 Å². The zero-order chi connectivity index (χ0) is 21.4. The largest absolute Gasteiger partial charge is 0.493 e. The minimum Gasteiger partial charge on any atom is -0.493 e. The molecule has 9 heteroatoms. The van der Waals surface area contributed by atoms with E-state index in [0.29, 0.717) is 28.3 Å². The number of carbonyl (C=O) groups excluding carboxylic acids is 3. The third kappa shape index (κ3) is 3.24. The van der Waals surface area contributed by atoms with Crippen LogP contribution >= 0.6 is 0 Å². The van der Waals surface area contributed by atoms with Gasteiger partial charge in [-0.2, -0.15) is 0 Å². The number of methoxy groups -OCH3 is 2. The van der Waals surface area contributed by atoms with Crippen LogP contribution in [0, 0.1) is 0 Å². The molecule has 4 amide bonds. The average Bonchev–Trinajstić information content (AvgIpc) is 3.39. The molecular weight excluding hydrogens is 388 g/mol. The van der Waals surface area contributed by atoms with Gasteiger partial charge < -0.3 is 24.6 Å². The van der Waals surface area contributed by atoms with E-state index in [2.05, 4.69) is 5.32 Å². The van der Waals surface area contributed by atoms with Crippen molar-refractivity contribution in [2.24, 2.45) is 0 Å². The smallest absolute Gasteiger partial charge is 0.322 e. The Kier molecular flexibility index (Phi) is 5.27. The number of carbonyl (C=O) groups is 3. The first-order valence-corrected chi connectivity index (χ1v) is 10.0. The summed E-state index contributed by atoms with van der Waals surface area (Å²) in [5.74, 6) is 0.662. The number of benzene rings is 1. The van der Waals surface area contributed by atoms with E-state index in [-0.39, 0.29) is 30.9 Å². The molecule has 1 N–H and O–H groups in total. The fourth-order valence-corrected chi connectivity index (χ4v) is 4.35. The van der Waals surface area contributed by atoms with Crippen molar-refractivity contribution < 1.29 is 23.9 Å². The molecule has 0 bridgehead atoms. The molecule has 1 saturated heterocycles. The summed E-state index contributed by atoms with van der Waals surface area (Å²) in [6.45, 7) is 1.70. The Hall–Kier alpha value is -3.23. The van der Waals surface area contributed by atoms with E-state index in [1.54, 1.807) is 30.1 Å². The zero-order valence-electron chi connectivity index (χ0n) is 17.4. The molecule has 1 fully saturated rings. The minimum atomic E-state index is -0.687. The van der Waals surface area contributed by atoms with Gasteiger partial charge in [0.15, 0.2) is 11.5 Å². The topological polar surface area (TPSA) is 91.4 Å². The van der Waals surface area contributed by atoms with Gasteiger partial charge in [-0.3, -0.25) is 14.5 Å². The number of nitrogens with one attached hydrogen (secondary N) is 1. The van der Waals surface area contributed by atoms with Crippen molar-refractivity contribution >= 4 is 17.8 Å². The van der Waals surface area contributed by atoms with E-state index in [0.717, 1.165) is 25.9 Å². The van der Waals surface area contributed by atoms with Gasteiger partial charge in [-0.05, 0) is 18.9 Å². The van der Waals surface area contributed by atoms with Gasteiger partial charge in [-0.25, -0.2) is 4.79 Å². The minimum absolute atomic E-state index is 0.00975. The molecule has 0 radical (unpaired) electrons. The summed E-state index contributed by atoms with van der Waals surface area (Å²) in [6.07, 6.45) is 1.99. The summed E-state index contributed by atoms with van der Waals surface area (Å²) < 4.78 is 10.9. The first-order valence-electron chi connectivity index (χ1n) is 10.0. The highest BCUT2D eigenvalue weighted by Gasteiger charge is 2.44. The third-order valence-electron chi connectivity index (χ3n) is 5.96. The number of likely N-dealkylation sites (tertiary alicyclic amines) is 1. The maximum Gasteiger partial charge on any atom is 0.322 e. The second-order valence-corrected chi connectivity index (χ2v) is 7.63. The van der Waals surface area contributed by atoms with Crippen LogP contribution < -0.4 is 14.8 Å². The number of amides is 4. The molecule has 1 aromatic rings. The molecule has 1 aromatic carbocycles. The van der Waals surface area contributed by atoms with E-state index in [1.807, 2.05) is 0 Å². The lowest BCUT2D eigenvalue weighted by atomic mass is 9.94. The van der Waals surface area contributed by atoms with Gasteiger partial charge in [0.2, 0.25) is 5.91 Å². The van der Waals surface area contributed by atoms with Crippen LogP contribution in [0.1, 0.15) is 24.4 Å². The summed E-state index contributed by atoms with van der Waals surface area (Å²) >= 11 is 0. The Morgan fingerprint density at radius 1 is 1.17 bits per heavy atom. The Morgan fingerprint density at radius 3 is 2.57 bits per heavy atom. The summed E-state index contributed by atoms with van der Waals surface area (Å²) in [6, 6.07) is 4.34. The highest BCUT2D eigenvalue weighted by molar-refractivity contribution is 6.03. The molecule has 0 aromatic heterocycles. The second-order valence-electron chi connectivity index (χ2n) is 7.63. The van der Waals surface area contributed by atoms with Gasteiger partial charge in [0.05, 0.1) is 38.1 Å². The number of rotatable bonds is 5. The molecule has 9 nitrogen and oxygen atoms in total. The van der Waals surface area contributed by atoms with Crippen molar-refractivity contribution in [1.29, 1.82) is 0 Å².